The summed E-state index contributed by atoms with van der Waals surface area (Å²) in [5, 5.41) is 0. The van der Waals surface area contributed by atoms with Gasteiger partial charge in [0.05, 0.1) is 5.69 Å². The molecule has 2 heterocycles. The van der Waals surface area contributed by atoms with E-state index in [4.69, 9.17) is 4.42 Å². The van der Waals surface area contributed by atoms with Crippen LogP contribution in [0.4, 0.5) is 4.39 Å². The highest BCUT2D eigenvalue weighted by Gasteiger charge is 2.25. The average Bonchev–Trinajstić information content (AvgIpc) is 3.26. The fourth-order valence-electron chi connectivity index (χ4n) is 3.56. The van der Waals surface area contributed by atoms with Crippen LogP contribution in [0.5, 0.6) is 0 Å². The Morgan fingerprint density at radius 3 is 2.84 bits per heavy atom. The Kier molecular flexibility index (Phi) is 4.61. The second kappa shape index (κ2) is 7.19. The van der Waals surface area contributed by atoms with Crippen molar-refractivity contribution in [2.24, 2.45) is 0 Å². The number of benzene rings is 2. The Balaban J connectivity index is 1.45. The lowest BCUT2D eigenvalue weighted by Gasteiger charge is -2.23. The van der Waals surface area contributed by atoms with E-state index in [1.54, 1.807) is 12.3 Å². The molecule has 1 aromatic heterocycles. The van der Waals surface area contributed by atoms with E-state index in [9.17, 15) is 4.39 Å². The van der Waals surface area contributed by atoms with Gasteiger partial charge in [0.25, 0.3) is 0 Å². The van der Waals surface area contributed by atoms with Crippen LogP contribution >= 0.6 is 0 Å². The van der Waals surface area contributed by atoms with Gasteiger partial charge in [-0.2, -0.15) is 0 Å². The minimum absolute atomic E-state index is 0.278. The Morgan fingerprint density at radius 2 is 2.00 bits per heavy atom. The number of aromatic nitrogens is 1. The van der Waals surface area contributed by atoms with Crippen molar-refractivity contribution in [2.45, 2.75) is 31.8 Å². The normalized spacial score (nSPS) is 17.9. The molecule has 1 aliphatic rings. The van der Waals surface area contributed by atoms with Gasteiger partial charge < -0.3 is 4.42 Å². The van der Waals surface area contributed by atoms with Gasteiger partial charge in [0.1, 0.15) is 12.1 Å². The quantitative estimate of drug-likeness (QED) is 0.677. The molecular weight excluding hydrogens is 315 g/mol. The van der Waals surface area contributed by atoms with Crippen molar-refractivity contribution in [3.05, 3.63) is 77.9 Å². The molecule has 0 radical (unpaired) electrons. The van der Waals surface area contributed by atoms with E-state index in [-0.39, 0.29) is 5.82 Å². The van der Waals surface area contributed by atoms with Gasteiger partial charge in [-0.1, -0.05) is 36.4 Å². The third-order valence-corrected chi connectivity index (χ3v) is 4.80. The largest absolute Gasteiger partial charge is 0.444 e. The van der Waals surface area contributed by atoms with Crippen molar-refractivity contribution in [3.8, 4) is 11.5 Å². The van der Waals surface area contributed by atoms with Gasteiger partial charge in [0.15, 0.2) is 0 Å². The second-order valence-corrected chi connectivity index (χ2v) is 6.61. The molecule has 0 N–H and O–H groups in total. The molecule has 0 amide bonds. The van der Waals surface area contributed by atoms with Crippen molar-refractivity contribution >= 4 is 0 Å². The molecule has 3 nitrogen and oxygen atoms in total. The van der Waals surface area contributed by atoms with E-state index in [2.05, 4.69) is 40.2 Å². The van der Waals surface area contributed by atoms with Crippen LogP contribution in [0.3, 0.4) is 0 Å². The highest BCUT2D eigenvalue weighted by molar-refractivity contribution is 5.52. The summed E-state index contributed by atoms with van der Waals surface area (Å²) < 4.78 is 18.9. The minimum atomic E-state index is -0.278. The summed E-state index contributed by atoms with van der Waals surface area (Å²) in [5.74, 6) is 0.202. The predicted octanol–water partition coefficient (Wildman–Crippen LogP) is 4.69. The smallest absolute Gasteiger partial charge is 0.226 e. The third kappa shape index (κ3) is 3.80. The molecule has 1 aliphatic heterocycles. The molecule has 1 saturated heterocycles. The van der Waals surface area contributed by atoms with Crippen molar-refractivity contribution < 1.29 is 8.81 Å². The topological polar surface area (TPSA) is 29.3 Å². The molecule has 0 aliphatic carbocycles. The molecule has 1 fully saturated rings. The Morgan fingerprint density at radius 1 is 1.12 bits per heavy atom. The lowest BCUT2D eigenvalue weighted by Crippen LogP contribution is -2.30. The summed E-state index contributed by atoms with van der Waals surface area (Å²) in [5.41, 5.74) is 2.95. The zero-order chi connectivity index (χ0) is 17.1. The predicted molar refractivity (Wildman–Crippen MR) is 95.5 cm³/mol. The Labute approximate surface area is 147 Å². The molecule has 4 rings (SSSR count). The van der Waals surface area contributed by atoms with E-state index in [1.165, 1.54) is 30.5 Å². The van der Waals surface area contributed by atoms with Crippen LogP contribution in [0.25, 0.3) is 11.5 Å². The first kappa shape index (κ1) is 16.0. The second-order valence-electron chi connectivity index (χ2n) is 6.61. The minimum Gasteiger partial charge on any atom is -0.444 e. The highest BCUT2D eigenvalue weighted by atomic mass is 19.1. The fourth-order valence-corrected chi connectivity index (χ4v) is 3.56. The van der Waals surface area contributed by atoms with Gasteiger partial charge in [0.2, 0.25) is 5.89 Å². The summed E-state index contributed by atoms with van der Waals surface area (Å²) >= 11 is 0. The maximum absolute atomic E-state index is 13.4. The fraction of sp³-hybridized carbons (Fsp3) is 0.286. The van der Waals surface area contributed by atoms with Crippen LogP contribution < -0.4 is 0 Å². The van der Waals surface area contributed by atoms with E-state index < -0.39 is 0 Å². The van der Waals surface area contributed by atoms with E-state index in [1.807, 2.05) is 6.07 Å². The lowest BCUT2D eigenvalue weighted by atomic mass is 10.0. The van der Waals surface area contributed by atoms with E-state index in [0.29, 0.717) is 17.5 Å². The van der Waals surface area contributed by atoms with Crippen molar-refractivity contribution in [2.75, 3.05) is 6.54 Å². The first-order chi connectivity index (χ1) is 12.3. The standard InChI is InChI=1S/C21H21FN2O/c22-18-9-4-8-17(13-18)21-23-19(15-25-21)14-24-11-5-10-20(24)12-16-6-2-1-3-7-16/h1-4,6-9,13,15,20H,5,10-12,14H2. The molecule has 3 aromatic rings. The molecule has 2 aromatic carbocycles. The van der Waals surface area contributed by atoms with Gasteiger partial charge in [-0.25, -0.2) is 9.37 Å². The van der Waals surface area contributed by atoms with Crippen molar-refractivity contribution in [3.63, 3.8) is 0 Å². The monoisotopic (exact) mass is 336 g/mol. The van der Waals surface area contributed by atoms with Crippen LogP contribution in [0, 0.1) is 5.82 Å². The maximum Gasteiger partial charge on any atom is 0.226 e. The number of hydrogen-bond donors (Lipinski definition) is 0. The average molecular weight is 336 g/mol. The molecule has 1 unspecified atom stereocenters. The number of oxazole rings is 1. The summed E-state index contributed by atoms with van der Waals surface area (Å²) in [7, 11) is 0. The first-order valence-corrected chi connectivity index (χ1v) is 8.76. The van der Waals surface area contributed by atoms with Gasteiger partial charge in [0, 0.05) is 18.2 Å². The van der Waals surface area contributed by atoms with Gasteiger partial charge in [-0.05, 0) is 49.6 Å². The number of halogens is 1. The van der Waals surface area contributed by atoms with Crippen LogP contribution in [-0.4, -0.2) is 22.5 Å². The highest BCUT2D eigenvalue weighted by Crippen LogP contribution is 2.25. The van der Waals surface area contributed by atoms with Gasteiger partial charge in [-0.15, -0.1) is 0 Å². The molecule has 128 valence electrons. The van der Waals surface area contributed by atoms with Crippen LogP contribution in [0.1, 0.15) is 24.1 Å². The molecule has 4 heteroatoms. The molecule has 25 heavy (non-hydrogen) atoms. The molecule has 0 spiro atoms. The lowest BCUT2D eigenvalue weighted by molar-refractivity contribution is 0.241. The summed E-state index contributed by atoms with van der Waals surface area (Å²) in [6.45, 7) is 1.86. The Hall–Kier alpha value is -2.46. The molecule has 0 bridgehead atoms. The summed E-state index contributed by atoms with van der Waals surface area (Å²) in [6.07, 6.45) is 5.18. The SMILES string of the molecule is Fc1cccc(-c2nc(CN3CCCC3Cc3ccccc3)co2)c1. The third-order valence-electron chi connectivity index (χ3n) is 4.80. The zero-order valence-corrected chi connectivity index (χ0v) is 14.1. The van der Waals surface area contributed by atoms with Crippen LogP contribution in [-0.2, 0) is 13.0 Å². The molecule has 0 saturated carbocycles. The molecular formula is C21H21FN2O. The first-order valence-electron chi connectivity index (χ1n) is 8.76. The number of nitrogens with zero attached hydrogens (tertiary/aromatic N) is 2. The van der Waals surface area contributed by atoms with Crippen LogP contribution in [0.15, 0.2) is 65.3 Å². The van der Waals surface area contributed by atoms with Crippen molar-refractivity contribution in [1.82, 2.24) is 9.88 Å². The summed E-state index contributed by atoms with van der Waals surface area (Å²) in [6, 6.07) is 17.5. The number of likely N-dealkylation sites (tertiary alicyclic amines) is 1. The summed E-state index contributed by atoms with van der Waals surface area (Å²) in [4.78, 5) is 7.02. The number of rotatable bonds is 5. The van der Waals surface area contributed by atoms with Crippen molar-refractivity contribution in [1.29, 1.82) is 0 Å². The number of hydrogen-bond acceptors (Lipinski definition) is 3. The zero-order valence-electron chi connectivity index (χ0n) is 14.1. The molecule has 1 atom stereocenters. The van der Waals surface area contributed by atoms with E-state index >= 15 is 0 Å². The maximum atomic E-state index is 13.4. The Bertz CT molecular complexity index is 831. The van der Waals surface area contributed by atoms with Crippen LogP contribution in [0.2, 0.25) is 0 Å². The van der Waals surface area contributed by atoms with Gasteiger partial charge >= 0.3 is 0 Å². The van der Waals surface area contributed by atoms with E-state index in [0.717, 1.165) is 25.2 Å². The van der Waals surface area contributed by atoms with Gasteiger partial charge in [-0.3, -0.25) is 4.90 Å².